The predicted octanol–water partition coefficient (Wildman–Crippen LogP) is 2.14. The first kappa shape index (κ1) is 18.7. The van der Waals surface area contributed by atoms with E-state index in [9.17, 15) is 18.3 Å². The summed E-state index contributed by atoms with van der Waals surface area (Å²) in [7, 11) is 0. The highest BCUT2D eigenvalue weighted by Crippen LogP contribution is 2.49. The molecule has 142 valence electrons. The van der Waals surface area contributed by atoms with Gasteiger partial charge in [0.25, 0.3) is 0 Å². The van der Waals surface area contributed by atoms with Gasteiger partial charge in [-0.15, -0.1) is 0 Å². The molecule has 26 heavy (non-hydrogen) atoms. The molecule has 3 aliphatic rings. The van der Waals surface area contributed by atoms with Crippen LogP contribution in [0.5, 0.6) is 5.75 Å². The number of nitrogens with one attached hydrogen (secondary N) is 1. The van der Waals surface area contributed by atoms with Crippen molar-refractivity contribution in [1.29, 1.82) is 0 Å². The molecule has 6 nitrogen and oxygen atoms in total. The van der Waals surface area contributed by atoms with E-state index in [1.807, 2.05) is 24.3 Å². The Morgan fingerprint density at radius 3 is 2.62 bits per heavy atom. The van der Waals surface area contributed by atoms with Crippen molar-refractivity contribution < 1.29 is 37.7 Å². The number of hydrogen-bond acceptors (Lipinski definition) is 5. The maximum absolute atomic E-state index is 10.6. The number of aliphatic hydroxyl groups excluding tert-OH is 1. The van der Waals surface area contributed by atoms with E-state index in [1.165, 1.54) is 0 Å². The Balaban J connectivity index is 0.000000242. The van der Waals surface area contributed by atoms with Crippen LogP contribution in [0.3, 0.4) is 0 Å². The van der Waals surface area contributed by atoms with Gasteiger partial charge in [-0.25, -0.2) is 4.79 Å². The summed E-state index contributed by atoms with van der Waals surface area (Å²) in [5.41, 5.74) is 0.894. The third kappa shape index (κ3) is 3.42. The highest BCUT2D eigenvalue weighted by molar-refractivity contribution is 5.73. The molecule has 1 aromatic rings. The van der Waals surface area contributed by atoms with Gasteiger partial charge in [-0.3, -0.25) is 5.32 Å². The zero-order chi connectivity index (χ0) is 18.9. The van der Waals surface area contributed by atoms with E-state index < -0.39 is 12.1 Å². The Bertz CT molecular complexity index is 713. The van der Waals surface area contributed by atoms with Gasteiger partial charge in [-0.2, -0.15) is 13.2 Å². The second-order valence-electron chi connectivity index (χ2n) is 6.33. The van der Waals surface area contributed by atoms with Gasteiger partial charge in [0.05, 0.1) is 25.0 Å². The fourth-order valence-electron chi connectivity index (χ4n) is 3.51. The normalized spacial score (nSPS) is 29.6. The number of hydrogen-bond donors (Lipinski definition) is 3. The third-order valence-corrected chi connectivity index (χ3v) is 4.69. The summed E-state index contributed by atoms with van der Waals surface area (Å²) in [6, 6.07) is 8.10. The first-order valence-electron chi connectivity index (χ1n) is 8.02. The standard InChI is InChI=1S/C15H17NO3.C2HF3O2/c17-10-5-6-14-12(7-10)15(8-18-9-16-15)11-3-1-2-4-13(11)19-14;3-2(4,5)1(6)7/h1-4,6,10,12,16-17H,5,7-9H2;(H,6,7). The largest absolute Gasteiger partial charge is 0.490 e. The van der Waals surface area contributed by atoms with Crippen molar-refractivity contribution in [2.24, 2.45) is 5.92 Å². The van der Waals surface area contributed by atoms with Crippen LogP contribution in [0.1, 0.15) is 18.4 Å². The van der Waals surface area contributed by atoms with Crippen LogP contribution < -0.4 is 10.1 Å². The maximum Gasteiger partial charge on any atom is 0.490 e. The quantitative estimate of drug-likeness (QED) is 0.646. The number of aliphatic hydroxyl groups is 1. The van der Waals surface area contributed by atoms with Gasteiger partial charge in [0.1, 0.15) is 11.5 Å². The maximum atomic E-state index is 10.6. The molecule has 3 N–H and O–H groups in total. The monoisotopic (exact) mass is 373 g/mol. The summed E-state index contributed by atoms with van der Waals surface area (Å²) in [5.74, 6) is -0.734. The number of ether oxygens (including phenoxy) is 2. The van der Waals surface area contributed by atoms with Gasteiger partial charge in [0, 0.05) is 11.5 Å². The van der Waals surface area contributed by atoms with E-state index in [0.717, 1.165) is 23.5 Å². The van der Waals surface area contributed by atoms with E-state index in [4.69, 9.17) is 19.4 Å². The van der Waals surface area contributed by atoms with Crippen molar-refractivity contribution in [1.82, 2.24) is 5.32 Å². The first-order chi connectivity index (χ1) is 12.2. The molecule has 4 rings (SSSR count). The van der Waals surface area contributed by atoms with Crippen molar-refractivity contribution in [2.75, 3.05) is 13.3 Å². The third-order valence-electron chi connectivity index (χ3n) is 4.69. The molecule has 1 saturated heterocycles. The molecule has 0 saturated carbocycles. The average molecular weight is 373 g/mol. The Morgan fingerprint density at radius 1 is 1.31 bits per heavy atom. The minimum Gasteiger partial charge on any atom is -0.475 e. The average Bonchev–Trinajstić information content (AvgIpc) is 3.06. The Labute approximate surface area is 147 Å². The molecule has 9 heteroatoms. The van der Waals surface area contributed by atoms with E-state index in [-0.39, 0.29) is 17.6 Å². The summed E-state index contributed by atoms with van der Waals surface area (Å²) in [6.45, 7) is 1.18. The molecule has 1 spiro atoms. The number of aliphatic carboxylic acids is 1. The van der Waals surface area contributed by atoms with Crippen LogP contribution in [0.2, 0.25) is 0 Å². The van der Waals surface area contributed by atoms with Crippen molar-refractivity contribution in [2.45, 2.75) is 30.7 Å². The van der Waals surface area contributed by atoms with Gasteiger partial charge in [-0.1, -0.05) is 18.2 Å². The van der Waals surface area contributed by atoms with Crippen LogP contribution in [0.4, 0.5) is 13.2 Å². The van der Waals surface area contributed by atoms with E-state index in [0.29, 0.717) is 19.8 Å². The minimum atomic E-state index is -5.08. The van der Waals surface area contributed by atoms with E-state index in [2.05, 4.69) is 11.4 Å². The number of para-hydroxylation sites is 1. The number of carboxylic acid groups (broad SMARTS) is 1. The second kappa shape index (κ2) is 6.90. The van der Waals surface area contributed by atoms with Crippen LogP contribution in [-0.2, 0) is 15.1 Å². The van der Waals surface area contributed by atoms with Gasteiger partial charge in [0.2, 0.25) is 0 Å². The molecule has 0 amide bonds. The number of rotatable bonds is 0. The first-order valence-corrected chi connectivity index (χ1v) is 8.02. The Hall–Kier alpha value is -2.10. The number of benzene rings is 1. The van der Waals surface area contributed by atoms with Crippen LogP contribution in [0.15, 0.2) is 36.1 Å². The zero-order valence-electron chi connectivity index (χ0n) is 13.6. The van der Waals surface area contributed by atoms with Gasteiger partial charge >= 0.3 is 12.1 Å². The number of fused-ring (bicyclic) bond motifs is 4. The number of carboxylic acids is 1. The summed E-state index contributed by atoms with van der Waals surface area (Å²) < 4.78 is 43.4. The molecule has 1 aliphatic carbocycles. The molecule has 3 unspecified atom stereocenters. The molecule has 2 aliphatic heterocycles. The highest BCUT2D eigenvalue weighted by atomic mass is 19.4. The molecule has 1 aromatic carbocycles. The number of halogens is 3. The molecule has 2 heterocycles. The van der Waals surface area contributed by atoms with Crippen molar-refractivity contribution >= 4 is 5.97 Å². The summed E-state index contributed by atoms with van der Waals surface area (Å²) in [5, 5.41) is 20.6. The molecular weight excluding hydrogens is 355 g/mol. The van der Waals surface area contributed by atoms with Gasteiger partial charge < -0.3 is 19.7 Å². The number of alkyl halides is 3. The van der Waals surface area contributed by atoms with Crippen molar-refractivity contribution in [3.8, 4) is 5.75 Å². The van der Waals surface area contributed by atoms with Gasteiger partial charge in [-0.05, 0) is 25.0 Å². The van der Waals surface area contributed by atoms with Crippen LogP contribution in [0.25, 0.3) is 0 Å². The van der Waals surface area contributed by atoms with Crippen molar-refractivity contribution in [3.05, 3.63) is 41.7 Å². The lowest BCUT2D eigenvalue weighted by molar-refractivity contribution is -0.192. The fraction of sp³-hybridized carbons (Fsp3) is 0.471. The lowest BCUT2D eigenvalue weighted by atomic mass is 9.71. The van der Waals surface area contributed by atoms with E-state index in [1.54, 1.807) is 0 Å². The molecule has 0 bridgehead atoms. The van der Waals surface area contributed by atoms with Crippen LogP contribution in [-0.4, -0.2) is 41.8 Å². The van der Waals surface area contributed by atoms with Crippen molar-refractivity contribution in [3.63, 3.8) is 0 Å². The van der Waals surface area contributed by atoms with E-state index >= 15 is 0 Å². The fourth-order valence-corrected chi connectivity index (χ4v) is 3.51. The second-order valence-corrected chi connectivity index (χ2v) is 6.33. The Kier molecular flexibility index (Phi) is 4.96. The molecule has 3 atom stereocenters. The predicted molar refractivity (Wildman–Crippen MR) is 83.2 cm³/mol. The topological polar surface area (TPSA) is 88.0 Å². The highest BCUT2D eigenvalue weighted by Gasteiger charge is 2.51. The summed E-state index contributed by atoms with van der Waals surface area (Å²) >= 11 is 0. The number of carbonyl (C=O) groups is 1. The SMILES string of the molecule is O=C(O)C(F)(F)F.OC1CC=C2Oc3ccccc3C3(COCN3)C2C1. The molecule has 0 aromatic heterocycles. The zero-order valence-corrected chi connectivity index (χ0v) is 13.6. The van der Waals surface area contributed by atoms with Crippen LogP contribution in [0, 0.1) is 5.92 Å². The van der Waals surface area contributed by atoms with Crippen LogP contribution >= 0.6 is 0 Å². The summed E-state index contributed by atoms with van der Waals surface area (Å²) in [4.78, 5) is 8.90. The molecular formula is C17H18F3NO5. The lowest BCUT2D eigenvalue weighted by Crippen LogP contribution is -2.52. The lowest BCUT2D eigenvalue weighted by Gasteiger charge is -2.45. The van der Waals surface area contributed by atoms with Gasteiger partial charge in [0.15, 0.2) is 0 Å². The smallest absolute Gasteiger partial charge is 0.475 e. The molecule has 0 radical (unpaired) electrons. The minimum absolute atomic E-state index is 0.147. The molecule has 1 fully saturated rings. The Morgan fingerprint density at radius 2 is 2.00 bits per heavy atom. The summed E-state index contributed by atoms with van der Waals surface area (Å²) in [6.07, 6.45) is -1.96.